The zero-order chi connectivity index (χ0) is 10.3. The lowest BCUT2D eigenvalue weighted by Gasteiger charge is -1.92. The molecule has 1 heterocycles. The van der Waals surface area contributed by atoms with Gasteiger partial charge in [-0.05, 0) is 13.0 Å². The summed E-state index contributed by atoms with van der Waals surface area (Å²) < 4.78 is 0. The third-order valence-electron chi connectivity index (χ3n) is 2.14. The summed E-state index contributed by atoms with van der Waals surface area (Å²) in [5, 5.41) is 15.2. The Morgan fingerprint density at radius 3 is 2.93 bits per heavy atom. The van der Waals surface area contributed by atoms with Crippen molar-refractivity contribution in [1.29, 1.82) is 0 Å². The van der Waals surface area contributed by atoms with Gasteiger partial charge in [-0.15, -0.1) is 0 Å². The molecule has 0 radical (unpaired) electrons. The maximum Gasteiger partial charge on any atom is 0.270 e. The summed E-state index contributed by atoms with van der Waals surface area (Å²) in [7, 11) is 0. The number of fused-ring (bicyclic) bond motifs is 1. The van der Waals surface area contributed by atoms with E-state index in [1.54, 1.807) is 13.0 Å². The molecule has 0 atom stereocenters. The Balaban J connectivity index is 2.76. The number of nitro benzene ring substituents is 1. The summed E-state index contributed by atoms with van der Waals surface area (Å²) >= 11 is 0. The highest BCUT2D eigenvalue weighted by Gasteiger charge is 2.10. The van der Waals surface area contributed by atoms with E-state index in [4.69, 9.17) is 5.84 Å². The van der Waals surface area contributed by atoms with Gasteiger partial charge in [0, 0.05) is 17.5 Å². The monoisotopic (exact) mass is 192 g/mol. The zero-order valence-electron chi connectivity index (χ0n) is 7.47. The van der Waals surface area contributed by atoms with E-state index in [-0.39, 0.29) is 5.69 Å². The average Bonchev–Trinajstić information content (AvgIpc) is 2.43. The van der Waals surface area contributed by atoms with Gasteiger partial charge in [0.1, 0.15) is 0 Å². The topological polar surface area (TPSA) is 87.0 Å². The second-order valence-corrected chi connectivity index (χ2v) is 2.99. The molecule has 0 saturated heterocycles. The van der Waals surface area contributed by atoms with Crippen LogP contribution in [0.2, 0.25) is 0 Å². The fourth-order valence-electron chi connectivity index (χ4n) is 1.33. The average molecular weight is 192 g/mol. The Morgan fingerprint density at radius 2 is 2.29 bits per heavy atom. The maximum absolute atomic E-state index is 10.5. The highest BCUT2D eigenvalue weighted by molar-refractivity contribution is 5.83. The number of hydrogen-bond donors (Lipinski definition) is 1. The molecule has 0 spiro atoms. The molecular formula is C8H8N4O2. The number of aryl methyl sites for hydroxylation is 1. The summed E-state index contributed by atoms with van der Waals surface area (Å²) in [4.78, 5) is 11.3. The van der Waals surface area contributed by atoms with Crippen molar-refractivity contribution < 1.29 is 4.92 Å². The standard InChI is InChI=1S/C8H8N4O2/c1-5-7-4-6(12(13)14)2-3-8(7)10-11(5)9/h2-4H,9H2,1H3. The van der Waals surface area contributed by atoms with Crippen molar-refractivity contribution in [2.24, 2.45) is 0 Å². The number of nitrogens with zero attached hydrogens (tertiary/aromatic N) is 3. The third kappa shape index (κ3) is 1.08. The molecule has 1 aromatic carbocycles. The van der Waals surface area contributed by atoms with E-state index < -0.39 is 4.92 Å². The van der Waals surface area contributed by atoms with Gasteiger partial charge in [-0.3, -0.25) is 10.1 Å². The SMILES string of the molecule is Cc1c2cc([N+](=O)[O-])ccc2nn1N. The smallest absolute Gasteiger partial charge is 0.270 e. The Labute approximate surface area is 79.0 Å². The largest absolute Gasteiger partial charge is 0.323 e. The molecule has 0 amide bonds. The number of benzene rings is 1. The number of nitrogens with two attached hydrogens (primary N) is 1. The molecule has 2 aromatic rings. The number of rotatable bonds is 1. The van der Waals surface area contributed by atoms with Gasteiger partial charge >= 0.3 is 0 Å². The van der Waals surface area contributed by atoms with Crippen molar-refractivity contribution in [3.8, 4) is 0 Å². The van der Waals surface area contributed by atoms with Crippen LogP contribution in [0.4, 0.5) is 5.69 Å². The lowest BCUT2D eigenvalue weighted by Crippen LogP contribution is -2.11. The molecule has 1 aromatic heterocycles. The molecule has 6 nitrogen and oxygen atoms in total. The first-order valence-electron chi connectivity index (χ1n) is 3.98. The van der Waals surface area contributed by atoms with Crippen LogP contribution in [0.15, 0.2) is 18.2 Å². The van der Waals surface area contributed by atoms with E-state index >= 15 is 0 Å². The molecule has 6 heteroatoms. The second-order valence-electron chi connectivity index (χ2n) is 2.99. The summed E-state index contributed by atoms with van der Waals surface area (Å²) in [5.74, 6) is 5.51. The maximum atomic E-state index is 10.5. The number of nitro groups is 1. The molecule has 0 saturated carbocycles. The second kappa shape index (κ2) is 2.69. The zero-order valence-corrected chi connectivity index (χ0v) is 7.47. The van der Waals surface area contributed by atoms with Gasteiger partial charge < -0.3 is 5.84 Å². The van der Waals surface area contributed by atoms with Gasteiger partial charge in [-0.25, -0.2) is 0 Å². The molecular weight excluding hydrogens is 184 g/mol. The van der Waals surface area contributed by atoms with Crippen molar-refractivity contribution in [3.63, 3.8) is 0 Å². The molecule has 72 valence electrons. The quantitative estimate of drug-likeness (QED) is 0.414. The molecule has 0 aliphatic heterocycles. The van der Waals surface area contributed by atoms with Gasteiger partial charge in [-0.1, -0.05) is 0 Å². The van der Waals surface area contributed by atoms with Gasteiger partial charge in [0.05, 0.1) is 16.1 Å². The minimum atomic E-state index is -0.438. The Kier molecular flexibility index (Phi) is 1.63. The Morgan fingerprint density at radius 1 is 1.57 bits per heavy atom. The van der Waals surface area contributed by atoms with Gasteiger partial charge in [0.15, 0.2) is 0 Å². The minimum Gasteiger partial charge on any atom is -0.323 e. The number of hydrogen-bond acceptors (Lipinski definition) is 4. The van der Waals surface area contributed by atoms with Crippen LogP contribution in [0.25, 0.3) is 10.9 Å². The van der Waals surface area contributed by atoms with Crippen molar-refractivity contribution in [2.75, 3.05) is 5.84 Å². The predicted octanol–water partition coefficient (Wildman–Crippen LogP) is 0.967. The predicted molar refractivity (Wildman–Crippen MR) is 51.3 cm³/mol. The first-order valence-corrected chi connectivity index (χ1v) is 3.98. The van der Waals surface area contributed by atoms with E-state index in [0.717, 1.165) is 0 Å². The van der Waals surface area contributed by atoms with Crippen LogP contribution in [0.5, 0.6) is 0 Å². The van der Waals surface area contributed by atoms with Crippen LogP contribution in [-0.4, -0.2) is 14.8 Å². The van der Waals surface area contributed by atoms with E-state index in [1.807, 2.05) is 0 Å². The highest BCUT2D eigenvalue weighted by atomic mass is 16.6. The third-order valence-corrected chi connectivity index (χ3v) is 2.14. The van der Waals surface area contributed by atoms with E-state index in [0.29, 0.717) is 16.6 Å². The van der Waals surface area contributed by atoms with Gasteiger partial charge in [0.25, 0.3) is 5.69 Å². The molecule has 0 bridgehead atoms. The van der Waals surface area contributed by atoms with E-state index in [2.05, 4.69) is 5.10 Å². The van der Waals surface area contributed by atoms with Crippen molar-refractivity contribution >= 4 is 16.6 Å². The molecule has 14 heavy (non-hydrogen) atoms. The van der Waals surface area contributed by atoms with Crippen LogP contribution < -0.4 is 5.84 Å². The summed E-state index contributed by atoms with van der Waals surface area (Å²) in [5.41, 5.74) is 1.42. The molecule has 2 rings (SSSR count). The summed E-state index contributed by atoms with van der Waals surface area (Å²) in [6.07, 6.45) is 0. The van der Waals surface area contributed by atoms with Crippen molar-refractivity contribution in [2.45, 2.75) is 6.92 Å². The van der Waals surface area contributed by atoms with E-state index in [1.165, 1.54) is 16.9 Å². The lowest BCUT2D eigenvalue weighted by molar-refractivity contribution is -0.384. The fraction of sp³-hybridized carbons (Fsp3) is 0.125. The normalized spacial score (nSPS) is 10.6. The van der Waals surface area contributed by atoms with Crippen LogP contribution in [0, 0.1) is 17.0 Å². The number of non-ortho nitro benzene ring substituents is 1. The number of nitrogen functional groups attached to an aromatic ring is 1. The highest BCUT2D eigenvalue weighted by Crippen LogP contribution is 2.21. The van der Waals surface area contributed by atoms with Crippen LogP contribution in [0.1, 0.15) is 5.69 Å². The molecule has 0 aliphatic rings. The van der Waals surface area contributed by atoms with Gasteiger partial charge in [-0.2, -0.15) is 9.89 Å². The van der Waals surface area contributed by atoms with Crippen molar-refractivity contribution in [1.82, 2.24) is 9.89 Å². The van der Waals surface area contributed by atoms with Crippen LogP contribution in [-0.2, 0) is 0 Å². The molecule has 2 N–H and O–H groups in total. The minimum absolute atomic E-state index is 0.0496. The molecule has 0 aliphatic carbocycles. The van der Waals surface area contributed by atoms with Crippen molar-refractivity contribution in [3.05, 3.63) is 34.0 Å². The first-order chi connectivity index (χ1) is 6.59. The summed E-state index contributed by atoms with van der Waals surface area (Å²) in [6, 6.07) is 4.47. The Bertz CT molecular complexity index is 517. The van der Waals surface area contributed by atoms with Gasteiger partial charge in [0.2, 0.25) is 0 Å². The lowest BCUT2D eigenvalue weighted by atomic mass is 10.2. The number of aromatic nitrogens is 2. The molecule has 0 unspecified atom stereocenters. The van der Waals surface area contributed by atoms with Crippen LogP contribution >= 0.6 is 0 Å². The molecule has 0 fully saturated rings. The summed E-state index contributed by atoms with van der Waals surface area (Å²) in [6.45, 7) is 1.76. The fourth-order valence-corrected chi connectivity index (χ4v) is 1.33. The van der Waals surface area contributed by atoms with Crippen LogP contribution in [0.3, 0.4) is 0 Å². The Hall–Kier alpha value is -2.11. The first kappa shape index (κ1) is 8.49. The van der Waals surface area contributed by atoms with E-state index in [9.17, 15) is 10.1 Å².